The number of ether oxygens (including phenoxy) is 3. The summed E-state index contributed by atoms with van der Waals surface area (Å²) < 4.78 is 77.7. The Balaban J connectivity index is 2.32. The molecule has 0 atom stereocenters. The summed E-state index contributed by atoms with van der Waals surface area (Å²) >= 11 is 0. The Hall–Kier alpha value is -3.10. The first-order chi connectivity index (χ1) is 13.2. The normalized spacial score (nSPS) is 11.7. The molecule has 150 valence electrons. The van der Waals surface area contributed by atoms with Crippen molar-refractivity contribution < 1.29 is 41.0 Å². The zero-order valence-corrected chi connectivity index (χ0v) is 14.7. The van der Waals surface area contributed by atoms with E-state index in [1.807, 2.05) is 0 Å². The summed E-state index contributed by atoms with van der Waals surface area (Å²) in [4.78, 5) is 12.2. The highest BCUT2D eigenvalue weighted by Gasteiger charge is 2.30. The second-order valence-electron chi connectivity index (χ2n) is 5.41. The van der Waals surface area contributed by atoms with Gasteiger partial charge in [0.05, 0.1) is 19.8 Å². The van der Waals surface area contributed by atoms with Crippen LogP contribution in [0, 0.1) is 0 Å². The topological polar surface area (TPSA) is 44.8 Å². The van der Waals surface area contributed by atoms with E-state index in [0.29, 0.717) is 5.56 Å². The van der Waals surface area contributed by atoms with Gasteiger partial charge in [-0.15, -0.1) is 0 Å². The maximum absolute atomic E-state index is 12.8. The Kier molecular flexibility index (Phi) is 6.61. The van der Waals surface area contributed by atoms with Crippen LogP contribution >= 0.6 is 0 Å². The lowest BCUT2D eigenvalue weighted by atomic mass is 10.1. The summed E-state index contributed by atoms with van der Waals surface area (Å²) in [5, 5.41) is 0. The van der Waals surface area contributed by atoms with Crippen LogP contribution in [0.4, 0.5) is 22.0 Å². The Morgan fingerprint density at radius 3 is 2.14 bits per heavy atom. The van der Waals surface area contributed by atoms with Crippen molar-refractivity contribution in [2.24, 2.45) is 0 Å². The third-order valence-electron chi connectivity index (χ3n) is 3.59. The van der Waals surface area contributed by atoms with Crippen molar-refractivity contribution in [2.75, 3.05) is 14.2 Å². The summed E-state index contributed by atoms with van der Waals surface area (Å²) in [7, 11) is 2.46. The standard InChI is InChI=1S/C19H15F5O4/c1-26-15-8-11(9-16(27-2)17(15)28-18(20)21)6-7-14(25)12-4-3-5-13(10-12)19(22,23)24/h3-10,18H,1-2H3/b7-6+. The average molecular weight is 402 g/mol. The van der Waals surface area contributed by atoms with Crippen LogP contribution < -0.4 is 14.2 Å². The summed E-state index contributed by atoms with van der Waals surface area (Å²) in [6.45, 7) is -3.10. The second kappa shape index (κ2) is 8.73. The molecule has 4 nitrogen and oxygen atoms in total. The highest BCUT2D eigenvalue weighted by molar-refractivity contribution is 6.07. The minimum absolute atomic E-state index is 0.0641. The third-order valence-corrected chi connectivity index (χ3v) is 3.59. The van der Waals surface area contributed by atoms with E-state index in [-0.39, 0.29) is 22.8 Å². The van der Waals surface area contributed by atoms with Crippen molar-refractivity contribution in [2.45, 2.75) is 12.8 Å². The Morgan fingerprint density at radius 1 is 1.04 bits per heavy atom. The van der Waals surface area contributed by atoms with Gasteiger partial charge in [-0.05, 0) is 35.9 Å². The number of carbonyl (C=O) groups excluding carboxylic acids is 1. The van der Waals surface area contributed by atoms with Gasteiger partial charge in [0, 0.05) is 5.56 Å². The maximum atomic E-state index is 12.8. The molecule has 2 aromatic carbocycles. The lowest BCUT2D eigenvalue weighted by Crippen LogP contribution is -2.06. The number of methoxy groups -OCH3 is 2. The molecule has 0 heterocycles. The first-order valence-corrected chi connectivity index (χ1v) is 7.76. The number of alkyl halides is 5. The first kappa shape index (κ1) is 21.2. The smallest absolute Gasteiger partial charge is 0.416 e. The van der Waals surface area contributed by atoms with Gasteiger partial charge in [0.1, 0.15) is 0 Å². The molecule has 0 aromatic heterocycles. The Bertz CT molecular complexity index is 850. The first-order valence-electron chi connectivity index (χ1n) is 7.76. The van der Waals surface area contributed by atoms with Crippen LogP contribution in [-0.4, -0.2) is 26.6 Å². The molecule has 2 aromatic rings. The van der Waals surface area contributed by atoms with Gasteiger partial charge < -0.3 is 14.2 Å². The molecule has 0 spiro atoms. The van der Waals surface area contributed by atoms with Gasteiger partial charge in [0.25, 0.3) is 0 Å². The largest absolute Gasteiger partial charge is 0.493 e. The summed E-state index contributed by atoms with van der Waals surface area (Å²) in [5.74, 6) is -1.12. The maximum Gasteiger partial charge on any atom is 0.416 e. The fraction of sp³-hybridized carbons (Fsp3) is 0.211. The Morgan fingerprint density at radius 2 is 1.64 bits per heavy atom. The highest BCUT2D eigenvalue weighted by Crippen LogP contribution is 2.40. The van der Waals surface area contributed by atoms with E-state index in [9.17, 15) is 26.7 Å². The van der Waals surface area contributed by atoms with E-state index in [0.717, 1.165) is 24.3 Å². The van der Waals surface area contributed by atoms with Crippen LogP contribution in [0.15, 0.2) is 42.5 Å². The zero-order valence-electron chi connectivity index (χ0n) is 14.7. The van der Waals surface area contributed by atoms with Gasteiger partial charge in [-0.1, -0.05) is 18.2 Å². The predicted molar refractivity (Wildman–Crippen MR) is 91.0 cm³/mol. The molecule has 0 aliphatic heterocycles. The molecule has 0 aliphatic rings. The van der Waals surface area contributed by atoms with E-state index in [4.69, 9.17) is 9.47 Å². The van der Waals surface area contributed by atoms with Crippen molar-refractivity contribution in [3.8, 4) is 17.2 Å². The lowest BCUT2D eigenvalue weighted by Gasteiger charge is -2.14. The molecule has 0 unspecified atom stereocenters. The Labute approximate surface area is 157 Å². The van der Waals surface area contributed by atoms with E-state index in [1.54, 1.807) is 0 Å². The number of rotatable bonds is 7. The second-order valence-corrected chi connectivity index (χ2v) is 5.41. The number of hydrogen-bond donors (Lipinski definition) is 0. The van der Waals surface area contributed by atoms with Gasteiger partial charge in [0.15, 0.2) is 17.3 Å². The average Bonchev–Trinajstić information content (AvgIpc) is 2.65. The molecule has 0 radical (unpaired) electrons. The number of carbonyl (C=O) groups is 1. The molecule has 0 saturated heterocycles. The molecule has 0 aliphatic carbocycles. The fourth-order valence-corrected chi connectivity index (χ4v) is 2.32. The third kappa shape index (κ3) is 5.21. The number of hydrogen-bond acceptors (Lipinski definition) is 4. The molecular weight excluding hydrogens is 387 g/mol. The van der Waals surface area contributed by atoms with E-state index < -0.39 is 24.1 Å². The van der Waals surface area contributed by atoms with Crippen molar-refractivity contribution in [3.63, 3.8) is 0 Å². The van der Waals surface area contributed by atoms with Crippen LogP contribution in [0.3, 0.4) is 0 Å². The minimum atomic E-state index is -4.57. The summed E-state index contributed by atoms with van der Waals surface area (Å²) in [6.07, 6.45) is -2.22. The molecule has 28 heavy (non-hydrogen) atoms. The van der Waals surface area contributed by atoms with Crippen molar-refractivity contribution in [1.82, 2.24) is 0 Å². The molecule has 0 amide bonds. The van der Waals surface area contributed by atoms with Gasteiger partial charge >= 0.3 is 12.8 Å². The molecule has 9 heteroatoms. The van der Waals surface area contributed by atoms with Crippen LogP contribution in [0.25, 0.3) is 6.08 Å². The number of ketones is 1. The summed E-state index contributed by atoms with van der Waals surface area (Å²) in [6, 6.07) is 6.62. The number of allylic oxidation sites excluding steroid dienone is 1. The van der Waals surface area contributed by atoms with Crippen molar-refractivity contribution in [1.29, 1.82) is 0 Å². The zero-order chi connectivity index (χ0) is 20.9. The molecule has 0 saturated carbocycles. The molecular formula is C19H15F5O4. The molecule has 0 fully saturated rings. The van der Waals surface area contributed by atoms with Gasteiger partial charge in [0.2, 0.25) is 5.75 Å². The van der Waals surface area contributed by atoms with Gasteiger partial charge in [-0.25, -0.2) is 0 Å². The van der Waals surface area contributed by atoms with E-state index in [2.05, 4.69) is 4.74 Å². The highest BCUT2D eigenvalue weighted by atomic mass is 19.4. The van der Waals surface area contributed by atoms with E-state index >= 15 is 0 Å². The monoisotopic (exact) mass is 402 g/mol. The lowest BCUT2D eigenvalue weighted by molar-refractivity contribution is -0.137. The SMILES string of the molecule is COc1cc(/C=C/C(=O)c2cccc(C(F)(F)F)c2)cc(OC)c1OC(F)F. The fourth-order valence-electron chi connectivity index (χ4n) is 2.32. The molecule has 2 rings (SSSR count). The van der Waals surface area contributed by atoms with Crippen molar-refractivity contribution >= 4 is 11.9 Å². The van der Waals surface area contributed by atoms with Crippen LogP contribution in [-0.2, 0) is 6.18 Å². The quantitative estimate of drug-likeness (QED) is 0.362. The van der Waals surface area contributed by atoms with Gasteiger partial charge in [-0.3, -0.25) is 4.79 Å². The molecule has 0 bridgehead atoms. The van der Waals surface area contributed by atoms with Crippen LogP contribution in [0.5, 0.6) is 17.2 Å². The van der Waals surface area contributed by atoms with Gasteiger partial charge in [-0.2, -0.15) is 22.0 Å². The number of benzene rings is 2. The van der Waals surface area contributed by atoms with Crippen LogP contribution in [0.1, 0.15) is 21.5 Å². The predicted octanol–water partition coefficient (Wildman–Crippen LogP) is 5.22. The molecule has 0 N–H and O–H groups in total. The van der Waals surface area contributed by atoms with Crippen LogP contribution in [0.2, 0.25) is 0 Å². The minimum Gasteiger partial charge on any atom is -0.493 e. The number of halogens is 5. The van der Waals surface area contributed by atoms with Crippen molar-refractivity contribution in [3.05, 3.63) is 59.2 Å². The van der Waals surface area contributed by atoms with E-state index in [1.165, 1.54) is 38.5 Å². The summed E-state index contributed by atoms with van der Waals surface area (Å²) in [5.41, 5.74) is -0.762.